The Bertz CT molecular complexity index is 848. The number of nitrogens with two attached hydrogens (primary N) is 1. The van der Waals surface area contributed by atoms with E-state index in [1.54, 1.807) is 60.5 Å². The number of hydrogen-bond donors (Lipinski definition) is 2. The first-order chi connectivity index (χ1) is 12.5. The lowest BCUT2D eigenvalue weighted by Gasteiger charge is -2.17. The number of ether oxygens (including phenoxy) is 1. The molecule has 7 heteroatoms. The Morgan fingerprint density at radius 2 is 1.85 bits per heavy atom. The Morgan fingerprint density at radius 1 is 1.15 bits per heavy atom. The molecule has 0 bridgehead atoms. The van der Waals surface area contributed by atoms with Crippen molar-refractivity contribution < 1.29 is 19.1 Å². The summed E-state index contributed by atoms with van der Waals surface area (Å²) >= 11 is 0. The van der Waals surface area contributed by atoms with Crippen LogP contribution in [0.15, 0.2) is 48.5 Å². The van der Waals surface area contributed by atoms with Crippen molar-refractivity contribution in [3.63, 3.8) is 0 Å². The minimum atomic E-state index is -0.622. The van der Waals surface area contributed by atoms with Gasteiger partial charge in [0.15, 0.2) is 0 Å². The van der Waals surface area contributed by atoms with E-state index < -0.39 is 11.8 Å². The van der Waals surface area contributed by atoms with Gasteiger partial charge in [0, 0.05) is 18.7 Å². The summed E-state index contributed by atoms with van der Waals surface area (Å²) in [6.07, 6.45) is 0.108. The molecule has 1 atom stereocenters. The van der Waals surface area contributed by atoms with Crippen LogP contribution >= 0.6 is 0 Å². The highest BCUT2D eigenvalue weighted by Crippen LogP contribution is 2.28. The average Bonchev–Trinajstić information content (AvgIpc) is 3.04. The van der Waals surface area contributed by atoms with Crippen molar-refractivity contribution in [3.05, 3.63) is 54.1 Å². The maximum atomic E-state index is 12.6. The summed E-state index contributed by atoms with van der Waals surface area (Å²) in [6.45, 7) is 0.274. The molecule has 0 aliphatic carbocycles. The zero-order valence-electron chi connectivity index (χ0n) is 14.3. The number of benzene rings is 2. The van der Waals surface area contributed by atoms with Crippen molar-refractivity contribution in [2.75, 3.05) is 23.9 Å². The van der Waals surface area contributed by atoms with Crippen LogP contribution in [0.2, 0.25) is 0 Å². The number of carbonyl (C=O) groups excluding carboxylic acids is 3. The Labute approximate surface area is 150 Å². The molecule has 0 aromatic heterocycles. The maximum Gasteiger partial charge on any atom is 0.250 e. The fraction of sp³-hybridized carbons (Fsp3) is 0.211. The number of nitrogens with one attached hydrogen (secondary N) is 1. The summed E-state index contributed by atoms with van der Waals surface area (Å²) in [4.78, 5) is 37.9. The van der Waals surface area contributed by atoms with Gasteiger partial charge in [0.1, 0.15) is 5.75 Å². The van der Waals surface area contributed by atoms with Crippen LogP contribution in [-0.2, 0) is 9.59 Å². The molecular formula is C19H19N3O4. The molecule has 1 fully saturated rings. The summed E-state index contributed by atoms with van der Waals surface area (Å²) in [6, 6.07) is 13.6. The number of carbonyl (C=O) groups is 3. The monoisotopic (exact) mass is 353 g/mol. The maximum absolute atomic E-state index is 12.6. The molecule has 2 aromatic carbocycles. The molecule has 2 aromatic rings. The van der Waals surface area contributed by atoms with Crippen molar-refractivity contribution in [2.45, 2.75) is 6.42 Å². The molecular weight excluding hydrogens is 334 g/mol. The van der Waals surface area contributed by atoms with Gasteiger partial charge in [-0.15, -0.1) is 0 Å². The molecule has 26 heavy (non-hydrogen) atoms. The van der Waals surface area contributed by atoms with Gasteiger partial charge in [0.05, 0.1) is 24.3 Å². The van der Waals surface area contributed by atoms with E-state index in [0.717, 1.165) is 0 Å². The minimum absolute atomic E-state index is 0.108. The van der Waals surface area contributed by atoms with Crippen LogP contribution in [0, 0.1) is 5.92 Å². The number of hydrogen-bond acceptors (Lipinski definition) is 4. The zero-order chi connectivity index (χ0) is 18.7. The van der Waals surface area contributed by atoms with Gasteiger partial charge in [-0.25, -0.2) is 0 Å². The molecule has 134 valence electrons. The third kappa shape index (κ3) is 3.51. The Kier molecular flexibility index (Phi) is 4.88. The molecule has 0 radical (unpaired) electrons. The van der Waals surface area contributed by atoms with Crippen LogP contribution in [0.4, 0.5) is 11.4 Å². The third-order valence-electron chi connectivity index (χ3n) is 4.33. The van der Waals surface area contributed by atoms with E-state index in [1.165, 1.54) is 0 Å². The van der Waals surface area contributed by atoms with E-state index in [-0.39, 0.29) is 30.3 Å². The summed E-state index contributed by atoms with van der Waals surface area (Å²) in [7, 11) is 1.57. The second kappa shape index (κ2) is 7.26. The smallest absolute Gasteiger partial charge is 0.250 e. The Morgan fingerprint density at radius 3 is 2.50 bits per heavy atom. The third-order valence-corrected chi connectivity index (χ3v) is 4.33. The topological polar surface area (TPSA) is 102 Å². The van der Waals surface area contributed by atoms with Gasteiger partial charge in [0.25, 0.3) is 5.91 Å². The van der Waals surface area contributed by atoms with E-state index in [1.807, 2.05) is 0 Å². The largest absolute Gasteiger partial charge is 0.497 e. The number of para-hydroxylation sites is 1. The van der Waals surface area contributed by atoms with Crippen molar-refractivity contribution in [1.82, 2.24) is 0 Å². The predicted molar refractivity (Wildman–Crippen MR) is 97.0 cm³/mol. The number of methoxy groups -OCH3 is 1. The second-order valence-electron chi connectivity index (χ2n) is 6.00. The summed E-state index contributed by atoms with van der Waals surface area (Å²) in [5.74, 6) is -0.881. The van der Waals surface area contributed by atoms with Crippen LogP contribution in [0.3, 0.4) is 0 Å². The fourth-order valence-electron chi connectivity index (χ4n) is 2.94. The number of primary amides is 1. The van der Waals surface area contributed by atoms with E-state index in [0.29, 0.717) is 17.1 Å². The number of amides is 3. The molecule has 7 nitrogen and oxygen atoms in total. The fourth-order valence-corrected chi connectivity index (χ4v) is 2.94. The van der Waals surface area contributed by atoms with Crippen LogP contribution in [-0.4, -0.2) is 31.4 Å². The highest BCUT2D eigenvalue weighted by atomic mass is 16.5. The molecule has 0 saturated carbocycles. The van der Waals surface area contributed by atoms with Gasteiger partial charge < -0.3 is 20.7 Å². The number of anilines is 2. The number of rotatable bonds is 5. The lowest BCUT2D eigenvalue weighted by atomic mass is 10.1. The quantitative estimate of drug-likeness (QED) is 0.855. The van der Waals surface area contributed by atoms with E-state index >= 15 is 0 Å². The van der Waals surface area contributed by atoms with Gasteiger partial charge in [-0.1, -0.05) is 12.1 Å². The van der Waals surface area contributed by atoms with Crippen LogP contribution < -0.4 is 20.7 Å². The molecule has 0 unspecified atom stereocenters. The average molecular weight is 353 g/mol. The van der Waals surface area contributed by atoms with E-state index in [4.69, 9.17) is 10.5 Å². The Hall–Kier alpha value is -3.35. The van der Waals surface area contributed by atoms with Crippen LogP contribution in [0.5, 0.6) is 5.75 Å². The van der Waals surface area contributed by atoms with Gasteiger partial charge in [-0.3, -0.25) is 14.4 Å². The molecule has 3 rings (SSSR count). The van der Waals surface area contributed by atoms with Crippen LogP contribution in [0.25, 0.3) is 0 Å². The highest BCUT2D eigenvalue weighted by Gasteiger charge is 2.35. The molecule has 3 amide bonds. The van der Waals surface area contributed by atoms with Crippen molar-refractivity contribution in [1.29, 1.82) is 0 Å². The second-order valence-corrected chi connectivity index (χ2v) is 6.00. The van der Waals surface area contributed by atoms with Crippen molar-refractivity contribution >= 4 is 29.1 Å². The summed E-state index contributed by atoms with van der Waals surface area (Å²) in [5, 5.41) is 2.71. The lowest BCUT2D eigenvalue weighted by molar-refractivity contribution is -0.122. The minimum Gasteiger partial charge on any atom is -0.497 e. The summed E-state index contributed by atoms with van der Waals surface area (Å²) in [5.41, 5.74) is 6.62. The van der Waals surface area contributed by atoms with Gasteiger partial charge >= 0.3 is 0 Å². The van der Waals surface area contributed by atoms with Gasteiger partial charge in [-0.2, -0.15) is 0 Å². The normalized spacial score (nSPS) is 16.4. The standard InChI is InChI=1S/C19H19N3O4/c1-26-14-8-6-13(7-9-14)22-11-12(10-17(22)23)19(25)21-16-5-3-2-4-15(16)18(20)24/h2-9,12H,10-11H2,1H3,(H2,20,24)(H,21,25)/t12-/m0/s1. The SMILES string of the molecule is COc1ccc(N2C[C@@H](C(=O)Nc3ccccc3C(N)=O)CC2=O)cc1. The lowest BCUT2D eigenvalue weighted by Crippen LogP contribution is -2.28. The highest BCUT2D eigenvalue weighted by molar-refractivity contribution is 6.06. The van der Waals surface area contributed by atoms with Gasteiger partial charge in [0.2, 0.25) is 11.8 Å². The van der Waals surface area contributed by atoms with Crippen LogP contribution in [0.1, 0.15) is 16.8 Å². The van der Waals surface area contributed by atoms with Crippen molar-refractivity contribution in [3.8, 4) is 5.75 Å². The molecule has 1 saturated heterocycles. The Balaban J connectivity index is 1.72. The zero-order valence-corrected chi connectivity index (χ0v) is 14.3. The van der Waals surface area contributed by atoms with E-state index in [9.17, 15) is 14.4 Å². The molecule has 1 aliphatic heterocycles. The summed E-state index contributed by atoms with van der Waals surface area (Å²) < 4.78 is 5.11. The molecule has 0 spiro atoms. The molecule has 3 N–H and O–H groups in total. The first-order valence-corrected chi connectivity index (χ1v) is 8.13. The molecule has 1 aliphatic rings. The molecule has 1 heterocycles. The van der Waals surface area contributed by atoms with Gasteiger partial charge in [-0.05, 0) is 36.4 Å². The predicted octanol–water partition coefficient (Wildman–Crippen LogP) is 1.79. The first-order valence-electron chi connectivity index (χ1n) is 8.13. The van der Waals surface area contributed by atoms with E-state index in [2.05, 4.69) is 5.32 Å². The first kappa shape index (κ1) is 17.5. The number of nitrogens with zero attached hydrogens (tertiary/aromatic N) is 1. The van der Waals surface area contributed by atoms with Crippen molar-refractivity contribution in [2.24, 2.45) is 11.7 Å².